The van der Waals surface area contributed by atoms with E-state index in [2.05, 4.69) is 26.0 Å². The summed E-state index contributed by atoms with van der Waals surface area (Å²) in [6.07, 6.45) is 51.6. The van der Waals surface area contributed by atoms with Crippen LogP contribution in [0.1, 0.15) is 239 Å². The minimum absolute atomic E-state index is 0.0169. The smallest absolute Gasteiger partial charge is 0.305 e. The van der Waals surface area contributed by atoms with Gasteiger partial charge in [-0.25, -0.2) is 0 Å². The van der Waals surface area contributed by atoms with Gasteiger partial charge in [-0.15, -0.1) is 0 Å². The summed E-state index contributed by atoms with van der Waals surface area (Å²) < 4.78 is 5.44. The minimum Gasteiger partial charge on any atom is -0.466 e. The number of carbonyl (C=O) groups is 1. The first kappa shape index (κ1) is 42.2. The predicted octanol–water partition coefficient (Wildman–Crippen LogP) is 14.8. The molecule has 0 aliphatic carbocycles. The highest BCUT2D eigenvalue weighted by Gasteiger charge is 2.02. The van der Waals surface area contributed by atoms with Crippen molar-refractivity contribution < 1.29 is 9.53 Å². The number of hydrogen-bond donors (Lipinski definition) is 0. The van der Waals surface area contributed by atoms with Gasteiger partial charge in [0.15, 0.2) is 0 Å². The van der Waals surface area contributed by atoms with Crippen LogP contribution in [0.5, 0.6) is 0 Å². The fourth-order valence-electron chi connectivity index (χ4n) is 6.12. The lowest BCUT2D eigenvalue weighted by molar-refractivity contribution is -0.143. The standard InChI is InChI=1S/C41H80O2/c1-3-5-7-9-11-13-15-16-17-18-19-20-21-22-23-24-25-26-27-28-30-32-34-36-38-40-43-41(42)39-37-35-33-31-29-14-12-10-8-6-4-2/h10,12H,3-9,11,13-40H2,1-2H3/b12-10-. The molecule has 43 heavy (non-hydrogen) atoms. The van der Waals surface area contributed by atoms with Crippen LogP contribution in [0.2, 0.25) is 0 Å². The summed E-state index contributed by atoms with van der Waals surface area (Å²) in [5, 5.41) is 0. The maximum atomic E-state index is 11.9. The molecule has 0 aromatic heterocycles. The van der Waals surface area contributed by atoms with Gasteiger partial charge in [0.25, 0.3) is 0 Å². The number of hydrogen-bond acceptors (Lipinski definition) is 2. The highest BCUT2D eigenvalue weighted by molar-refractivity contribution is 5.69. The van der Waals surface area contributed by atoms with E-state index in [1.807, 2.05) is 0 Å². The Labute approximate surface area is 272 Å². The molecule has 2 heteroatoms. The third kappa shape index (κ3) is 39.2. The fourth-order valence-corrected chi connectivity index (χ4v) is 6.12. The van der Waals surface area contributed by atoms with E-state index in [1.54, 1.807) is 0 Å². The van der Waals surface area contributed by atoms with Crippen LogP contribution in [0.3, 0.4) is 0 Å². The summed E-state index contributed by atoms with van der Waals surface area (Å²) >= 11 is 0. The Bertz CT molecular complexity index is 540. The van der Waals surface area contributed by atoms with E-state index in [-0.39, 0.29) is 5.97 Å². The molecule has 0 heterocycles. The Morgan fingerprint density at radius 1 is 0.372 bits per heavy atom. The largest absolute Gasteiger partial charge is 0.466 e. The van der Waals surface area contributed by atoms with Crippen molar-refractivity contribution in [2.24, 2.45) is 0 Å². The van der Waals surface area contributed by atoms with Crippen molar-refractivity contribution in [2.75, 3.05) is 6.61 Å². The maximum absolute atomic E-state index is 11.9. The lowest BCUT2D eigenvalue weighted by Crippen LogP contribution is -2.05. The number of esters is 1. The van der Waals surface area contributed by atoms with E-state index in [0.717, 1.165) is 19.3 Å². The van der Waals surface area contributed by atoms with Crippen molar-refractivity contribution in [1.29, 1.82) is 0 Å². The average Bonchev–Trinajstić information content (AvgIpc) is 3.01. The summed E-state index contributed by atoms with van der Waals surface area (Å²) in [7, 11) is 0. The summed E-state index contributed by atoms with van der Waals surface area (Å²) in [6.45, 7) is 5.17. The molecule has 0 N–H and O–H groups in total. The zero-order valence-corrected chi connectivity index (χ0v) is 29.9. The monoisotopic (exact) mass is 605 g/mol. The van der Waals surface area contributed by atoms with Crippen molar-refractivity contribution in [3.63, 3.8) is 0 Å². The summed E-state index contributed by atoms with van der Waals surface area (Å²) in [6, 6.07) is 0. The van der Waals surface area contributed by atoms with Crippen LogP contribution in [0.15, 0.2) is 12.2 Å². The molecular weight excluding hydrogens is 524 g/mol. The minimum atomic E-state index is 0.0169. The zero-order chi connectivity index (χ0) is 31.2. The van der Waals surface area contributed by atoms with Gasteiger partial charge in [-0.3, -0.25) is 4.79 Å². The number of unbranched alkanes of at least 4 members (excludes halogenated alkanes) is 31. The van der Waals surface area contributed by atoms with E-state index in [9.17, 15) is 4.79 Å². The summed E-state index contributed by atoms with van der Waals surface area (Å²) in [5.41, 5.74) is 0. The molecule has 2 nitrogen and oxygen atoms in total. The molecule has 0 rings (SSSR count). The molecule has 0 aromatic carbocycles. The number of carbonyl (C=O) groups excluding carboxylic acids is 1. The first-order valence-corrected chi connectivity index (χ1v) is 20.1. The first-order chi connectivity index (χ1) is 21.3. The number of allylic oxidation sites excluding steroid dienone is 2. The molecule has 0 saturated carbocycles. The van der Waals surface area contributed by atoms with Crippen molar-refractivity contribution in [1.82, 2.24) is 0 Å². The Balaban J connectivity index is 3.14. The molecule has 0 aromatic rings. The maximum Gasteiger partial charge on any atom is 0.305 e. The average molecular weight is 605 g/mol. The van der Waals surface area contributed by atoms with Gasteiger partial charge in [-0.1, -0.05) is 212 Å². The third-order valence-electron chi connectivity index (χ3n) is 9.15. The topological polar surface area (TPSA) is 26.3 Å². The van der Waals surface area contributed by atoms with Crippen molar-refractivity contribution >= 4 is 5.97 Å². The van der Waals surface area contributed by atoms with Crippen molar-refractivity contribution in [2.45, 2.75) is 239 Å². The lowest BCUT2D eigenvalue weighted by atomic mass is 10.0. The quantitative estimate of drug-likeness (QED) is 0.0400. The van der Waals surface area contributed by atoms with Gasteiger partial charge >= 0.3 is 5.97 Å². The molecule has 0 unspecified atom stereocenters. The SMILES string of the molecule is CCCC/C=C\CCCCCCCC(=O)OCCCCCCCCCCCCCCCCCCCCCCCCCCC. The molecule has 0 amide bonds. The van der Waals surface area contributed by atoms with Crippen LogP contribution in [-0.2, 0) is 9.53 Å². The van der Waals surface area contributed by atoms with Gasteiger partial charge in [-0.2, -0.15) is 0 Å². The van der Waals surface area contributed by atoms with E-state index < -0.39 is 0 Å². The fraction of sp³-hybridized carbons (Fsp3) is 0.927. The number of rotatable bonds is 37. The van der Waals surface area contributed by atoms with Gasteiger partial charge in [0.05, 0.1) is 6.61 Å². The molecule has 0 radical (unpaired) electrons. The molecule has 0 aliphatic heterocycles. The molecule has 0 aliphatic rings. The van der Waals surface area contributed by atoms with Crippen molar-refractivity contribution in [3.8, 4) is 0 Å². The lowest BCUT2D eigenvalue weighted by Gasteiger charge is -2.06. The summed E-state index contributed by atoms with van der Waals surface area (Å²) in [5.74, 6) is 0.0169. The second-order valence-corrected chi connectivity index (χ2v) is 13.6. The van der Waals surface area contributed by atoms with Gasteiger partial charge < -0.3 is 4.74 Å². The molecule has 0 spiro atoms. The molecular formula is C41H80O2. The van der Waals surface area contributed by atoms with E-state index >= 15 is 0 Å². The van der Waals surface area contributed by atoms with Gasteiger partial charge in [-0.05, 0) is 32.1 Å². The zero-order valence-electron chi connectivity index (χ0n) is 29.9. The van der Waals surface area contributed by atoms with Gasteiger partial charge in [0.2, 0.25) is 0 Å². The van der Waals surface area contributed by atoms with Crippen LogP contribution >= 0.6 is 0 Å². The Kier molecular flexibility index (Phi) is 38.5. The molecule has 0 bridgehead atoms. The molecule has 0 saturated heterocycles. The van der Waals surface area contributed by atoms with Crippen LogP contribution < -0.4 is 0 Å². The Morgan fingerprint density at radius 2 is 0.674 bits per heavy atom. The molecule has 0 fully saturated rings. The molecule has 0 atom stereocenters. The molecule has 256 valence electrons. The second-order valence-electron chi connectivity index (χ2n) is 13.6. The van der Waals surface area contributed by atoms with Crippen LogP contribution in [0.25, 0.3) is 0 Å². The Morgan fingerprint density at radius 3 is 1.07 bits per heavy atom. The van der Waals surface area contributed by atoms with E-state index in [1.165, 1.54) is 199 Å². The van der Waals surface area contributed by atoms with Crippen LogP contribution in [-0.4, -0.2) is 12.6 Å². The highest BCUT2D eigenvalue weighted by Crippen LogP contribution is 2.16. The van der Waals surface area contributed by atoms with Gasteiger partial charge in [0, 0.05) is 6.42 Å². The van der Waals surface area contributed by atoms with E-state index in [4.69, 9.17) is 4.74 Å². The predicted molar refractivity (Wildman–Crippen MR) is 193 cm³/mol. The van der Waals surface area contributed by atoms with E-state index in [0.29, 0.717) is 13.0 Å². The van der Waals surface area contributed by atoms with Crippen LogP contribution in [0.4, 0.5) is 0 Å². The first-order valence-electron chi connectivity index (χ1n) is 20.1. The Hall–Kier alpha value is -0.790. The third-order valence-corrected chi connectivity index (χ3v) is 9.15. The van der Waals surface area contributed by atoms with Crippen LogP contribution in [0, 0.1) is 0 Å². The van der Waals surface area contributed by atoms with Gasteiger partial charge in [0.1, 0.15) is 0 Å². The highest BCUT2D eigenvalue weighted by atomic mass is 16.5. The number of ether oxygens (including phenoxy) is 1. The second kappa shape index (κ2) is 39.2. The summed E-state index contributed by atoms with van der Waals surface area (Å²) in [4.78, 5) is 11.9. The van der Waals surface area contributed by atoms with Crippen molar-refractivity contribution in [3.05, 3.63) is 12.2 Å². The normalized spacial score (nSPS) is 11.6.